The van der Waals surface area contributed by atoms with Gasteiger partial charge in [-0.1, -0.05) is 29.8 Å². The van der Waals surface area contributed by atoms with Gasteiger partial charge in [-0.3, -0.25) is 14.4 Å². The Labute approximate surface area is 196 Å². The van der Waals surface area contributed by atoms with Crippen molar-refractivity contribution >= 4 is 5.91 Å². The molecule has 0 bridgehead atoms. The number of carbonyl (C=O) groups excluding carboxylic acids is 1. The number of nitrogens with zero attached hydrogens (tertiary/aromatic N) is 4. The second kappa shape index (κ2) is 10.2. The van der Waals surface area contributed by atoms with Crippen LogP contribution in [0.1, 0.15) is 45.2 Å². The number of benzene rings is 2. The van der Waals surface area contributed by atoms with Gasteiger partial charge >= 0.3 is 0 Å². The fourth-order valence-corrected chi connectivity index (χ4v) is 4.33. The van der Waals surface area contributed by atoms with Crippen LogP contribution in [0.3, 0.4) is 0 Å². The first-order chi connectivity index (χ1) is 15.9. The molecule has 4 rings (SSSR count). The maximum absolute atomic E-state index is 13.1. The van der Waals surface area contributed by atoms with Crippen LogP contribution in [-0.4, -0.2) is 51.7 Å². The van der Waals surface area contributed by atoms with E-state index in [9.17, 15) is 4.79 Å². The third kappa shape index (κ3) is 5.63. The van der Waals surface area contributed by atoms with Gasteiger partial charge in [0.1, 0.15) is 12.4 Å². The molecular weight excluding hydrogens is 412 g/mol. The molecule has 6 heteroatoms. The quantitative estimate of drug-likeness (QED) is 0.541. The Balaban J connectivity index is 1.32. The molecule has 0 atom stereocenters. The first kappa shape index (κ1) is 23.1. The molecule has 2 aromatic carbocycles. The van der Waals surface area contributed by atoms with Crippen molar-refractivity contribution in [2.24, 2.45) is 0 Å². The van der Waals surface area contributed by atoms with Gasteiger partial charge in [0.05, 0.1) is 5.69 Å². The van der Waals surface area contributed by atoms with Gasteiger partial charge in [-0.25, -0.2) is 0 Å². The van der Waals surface area contributed by atoms with Crippen LogP contribution in [0.2, 0.25) is 0 Å². The van der Waals surface area contributed by atoms with Gasteiger partial charge in [0.25, 0.3) is 5.91 Å². The van der Waals surface area contributed by atoms with Crippen molar-refractivity contribution in [3.8, 4) is 5.75 Å². The van der Waals surface area contributed by atoms with Crippen LogP contribution in [0, 0.1) is 20.8 Å². The number of hydrogen-bond acceptors (Lipinski definition) is 4. The Morgan fingerprint density at radius 2 is 1.82 bits per heavy atom. The number of aryl methyl sites for hydroxylation is 4. The van der Waals surface area contributed by atoms with E-state index in [0.29, 0.717) is 6.61 Å². The first-order valence-corrected chi connectivity index (χ1v) is 11.8. The van der Waals surface area contributed by atoms with E-state index >= 15 is 0 Å². The number of amides is 1. The fourth-order valence-electron chi connectivity index (χ4n) is 4.33. The maximum Gasteiger partial charge on any atom is 0.253 e. The summed E-state index contributed by atoms with van der Waals surface area (Å²) >= 11 is 0. The van der Waals surface area contributed by atoms with Crippen molar-refractivity contribution in [1.82, 2.24) is 19.6 Å². The minimum atomic E-state index is 0.0954. The summed E-state index contributed by atoms with van der Waals surface area (Å²) in [6, 6.07) is 14.0. The molecule has 0 unspecified atom stereocenters. The molecule has 1 fully saturated rings. The molecular formula is C27H34N4O2. The number of ether oxygens (including phenoxy) is 1. The second-order valence-electron chi connectivity index (χ2n) is 8.92. The van der Waals surface area contributed by atoms with E-state index in [-0.39, 0.29) is 5.91 Å². The number of rotatable bonds is 7. The summed E-state index contributed by atoms with van der Waals surface area (Å²) in [5.74, 6) is 0.978. The van der Waals surface area contributed by atoms with Crippen LogP contribution in [-0.2, 0) is 19.7 Å². The molecule has 1 amide bonds. The zero-order valence-electron chi connectivity index (χ0n) is 20.2. The summed E-state index contributed by atoms with van der Waals surface area (Å²) < 4.78 is 8.00. The van der Waals surface area contributed by atoms with E-state index in [4.69, 9.17) is 4.74 Å². The van der Waals surface area contributed by atoms with Crippen molar-refractivity contribution in [3.63, 3.8) is 0 Å². The zero-order valence-corrected chi connectivity index (χ0v) is 20.2. The second-order valence-corrected chi connectivity index (χ2v) is 8.92. The summed E-state index contributed by atoms with van der Waals surface area (Å²) in [6.45, 7) is 13.7. The first-order valence-electron chi connectivity index (χ1n) is 11.8. The van der Waals surface area contributed by atoms with Crippen molar-refractivity contribution < 1.29 is 9.53 Å². The van der Waals surface area contributed by atoms with Gasteiger partial charge in [-0.2, -0.15) is 5.10 Å². The lowest BCUT2D eigenvalue weighted by atomic mass is 10.1. The van der Waals surface area contributed by atoms with E-state index in [1.165, 1.54) is 11.1 Å². The topological polar surface area (TPSA) is 50.6 Å². The Hall–Kier alpha value is -3.12. The summed E-state index contributed by atoms with van der Waals surface area (Å²) in [7, 11) is 0. The van der Waals surface area contributed by atoms with Gasteiger partial charge < -0.3 is 9.64 Å². The third-order valence-corrected chi connectivity index (χ3v) is 6.32. The van der Waals surface area contributed by atoms with Gasteiger partial charge in [-0.15, -0.1) is 0 Å². The van der Waals surface area contributed by atoms with Gasteiger partial charge in [0.2, 0.25) is 0 Å². The molecule has 33 heavy (non-hydrogen) atoms. The lowest BCUT2D eigenvalue weighted by Crippen LogP contribution is -2.48. The van der Waals surface area contributed by atoms with E-state index in [0.717, 1.165) is 67.4 Å². The van der Waals surface area contributed by atoms with E-state index in [1.807, 2.05) is 39.9 Å². The largest absolute Gasteiger partial charge is 0.489 e. The number of hydrogen-bond donors (Lipinski definition) is 0. The minimum absolute atomic E-state index is 0.0954. The maximum atomic E-state index is 13.1. The van der Waals surface area contributed by atoms with Crippen LogP contribution in [0.4, 0.5) is 0 Å². The van der Waals surface area contributed by atoms with Crippen LogP contribution in [0.25, 0.3) is 0 Å². The molecule has 3 aromatic rings. The van der Waals surface area contributed by atoms with Crippen LogP contribution in [0.5, 0.6) is 5.75 Å². The lowest BCUT2D eigenvalue weighted by molar-refractivity contribution is 0.0628. The predicted molar refractivity (Wildman–Crippen MR) is 131 cm³/mol. The molecule has 1 saturated heterocycles. The van der Waals surface area contributed by atoms with Crippen molar-refractivity contribution in [1.29, 1.82) is 0 Å². The molecule has 0 N–H and O–H groups in total. The highest BCUT2D eigenvalue weighted by Crippen LogP contribution is 2.21. The van der Waals surface area contributed by atoms with Gasteiger partial charge in [0.15, 0.2) is 0 Å². The molecule has 0 aliphatic carbocycles. The predicted octanol–water partition coefficient (Wildman–Crippen LogP) is 4.37. The van der Waals surface area contributed by atoms with Crippen molar-refractivity contribution in [3.05, 3.63) is 82.2 Å². The van der Waals surface area contributed by atoms with Crippen LogP contribution >= 0.6 is 0 Å². The lowest BCUT2D eigenvalue weighted by Gasteiger charge is -2.34. The van der Waals surface area contributed by atoms with Crippen LogP contribution in [0.15, 0.2) is 48.7 Å². The number of piperazine rings is 1. The molecule has 2 heterocycles. The summed E-state index contributed by atoms with van der Waals surface area (Å²) in [5, 5.41) is 4.54. The summed E-state index contributed by atoms with van der Waals surface area (Å²) in [4.78, 5) is 17.5. The molecule has 1 aromatic heterocycles. The highest BCUT2D eigenvalue weighted by atomic mass is 16.5. The highest BCUT2D eigenvalue weighted by molar-refractivity contribution is 5.94. The van der Waals surface area contributed by atoms with Crippen molar-refractivity contribution in [2.75, 3.05) is 26.2 Å². The molecule has 0 saturated carbocycles. The average Bonchev–Trinajstić information content (AvgIpc) is 3.18. The van der Waals surface area contributed by atoms with Crippen LogP contribution < -0.4 is 4.74 Å². The van der Waals surface area contributed by atoms with Gasteiger partial charge in [-0.05, 0) is 57.0 Å². The summed E-state index contributed by atoms with van der Waals surface area (Å²) in [5.41, 5.74) is 6.44. The molecule has 174 valence electrons. The summed E-state index contributed by atoms with van der Waals surface area (Å²) in [6.07, 6.45) is 2.14. The molecule has 1 aliphatic rings. The highest BCUT2D eigenvalue weighted by Gasteiger charge is 2.23. The molecule has 0 spiro atoms. The van der Waals surface area contributed by atoms with E-state index < -0.39 is 0 Å². The average molecular weight is 447 g/mol. The Morgan fingerprint density at radius 1 is 1.03 bits per heavy atom. The number of aromatic nitrogens is 2. The van der Waals surface area contributed by atoms with E-state index in [2.05, 4.69) is 56.0 Å². The molecule has 6 nitrogen and oxygen atoms in total. The Morgan fingerprint density at radius 3 is 2.52 bits per heavy atom. The smallest absolute Gasteiger partial charge is 0.253 e. The normalized spacial score (nSPS) is 14.5. The molecule has 0 radical (unpaired) electrons. The molecule has 1 aliphatic heterocycles. The zero-order chi connectivity index (χ0) is 23.4. The number of carbonyl (C=O) groups is 1. The Bertz CT molecular complexity index is 1110. The minimum Gasteiger partial charge on any atom is -0.489 e. The van der Waals surface area contributed by atoms with Gasteiger partial charge in [0, 0.05) is 56.6 Å². The monoisotopic (exact) mass is 446 g/mol. The standard InChI is InChI=1S/C27H34N4O2/c1-5-31-18-25(22(4)28-31)17-29-11-13-30(14-12-29)27(32)24-8-6-7-23(16-24)19-33-26-10-9-20(2)15-21(26)3/h6-10,15-16,18H,5,11-14,17,19H2,1-4H3. The SMILES string of the molecule is CCn1cc(CN2CCN(C(=O)c3cccc(COc4ccc(C)cc4C)c3)CC2)c(C)n1. The fraction of sp³-hybridized carbons (Fsp3) is 0.407. The van der Waals surface area contributed by atoms with E-state index in [1.54, 1.807) is 0 Å². The Kier molecular flexibility index (Phi) is 7.14. The van der Waals surface area contributed by atoms with Crippen molar-refractivity contribution in [2.45, 2.75) is 47.4 Å². The third-order valence-electron chi connectivity index (χ3n) is 6.32.